The number of hydrogen-bond acceptors (Lipinski definition) is 3. The Balaban J connectivity index is 2.53. The molecule has 1 aromatic carbocycles. The fraction of sp³-hybridized carbons (Fsp3) is 0.333. The minimum Gasteiger partial charge on any atom is -0.466 e. The van der Waals surface area contributed by atoms with Gasteiger partial charge in [0.15, 0.2) is 0 Å². The standard InChI is InChI=1S/C12H13BrFNO3/c1-2-18-10(16)6-7-15-12(17)11-8(13)4-3-5-9(11)14/h3-5H,2,6-7H2,1H3,(H,15,17). The summed E-state index contributed by atoms with van der Waals surface area (Å²) in [5.74, 6) is -1.58. The number of ether oxygens (including phenoxy) is 1. The summed E-state index contributed by atoms with van der Waals surface area (Å²) in [5, 5.41) is 2.46. The van der Waals surface area contributed by atoms with Gasteiger partial charge in [-0.3, -0.25) is 9.59 Å². The number of esters is 1. The van der Waals surface area contributed by atoms with E-state index in [4.69, 9.17) is 4.74 Å². The molecule has 0 radical (unpaired) electrons. The van der Waals surface area contributed by atoms with Gasteiger partial charge in [0.2, 0.25) is 0 Å². The average Bonchev–Trinajstić information content (AvgIpc) is 2.29. The predicted molar refractivity (Wildman–Crippen MR) is 67.7 cm³/mol. The Kier molecular flexibility index (Phi) is 5.77. The normalized spacial score (nSPS) is 9.94. The van der Waals surface area contributed by atoms with E-state index in [9.17, 15) is 14.0 Å². The Hall–Kier alpha value is -1.43. The molecule has 1 aromatic rings. The molecule has 0 saturated heterocycles. The molecule has 6 heteroatoms. The van der Waals surface area contributed by atoms with Crippen molar-refractivity contribution in [2.24, 2.45) is 0 Å². The lowest BCUT2D eigenvalue weighted by Crippen LogP contribution is -2.27. The summed E-state index contributed by atoms with van der Waals surface area (Å²) in [6.07, 6.45) is 0.0612. The Morgan fingerprint density at radius 2 is 2.17 bits per heavy atom. The average molecular weight is 318 g/mol. The Morgan fingerprint density at radius 1 is 1.44 bits per heavy atom. The third-order valence-corrected chi connectivity index (χ3v) is 2.77. The van der Waals surface area contributed by atoms with Crippen molar-refractivity contribution in [1.29, 1.82) is 0 Å². The van der Waals surface area contributed by atoms with E-state index in [1.807, 2.05) is 0 Å². The number of halogens is 2. The van der Waals surface area contributed by atoms with E-state index in [-0.39, 0.29) is 18.5 Å². The summed E-state index contributed by atoms with van der Waals surface area (Å²) in [4.78, 5) is 22.7. The number of benzene rings is 1. The van der Waals surface area contributed by atoms with Crippen molar-refractivity contribution >= 4 is 27.8 Å². The molecule has 0 fully saturated rings. The van der Waals surface area contributed by atoms with Crippen LogP contribution in [-0.2, 0) is 9.53 Å². The maximum absolute atomic E-state index is 13.4. The first-order valence-corrected chi connectivity index (χ1v) is 6.23. The van der Waals surface area contributed by atoms with Crippen LogP contribution in [0.2, 0.25) is 0 Å². The molecule has 0 aromatic heterocycles. The van der Waals surface area contributed by atoms with Gasteiger partial charge >= 0.3 is 5.97 Å². The smallest absolute Gasteiger partial charge is 0.307 e. The molecule has 1 rings (SSSR count). The topological polar surface area (TPSA) is 55.4 Å². The molecule has 1 N–H and O–H groups in total. The van der Waals surface area contributed by atoms with E-state index in [0.29, 0.717) is 11.1 Å². The molecule has 0 aliphatic carbocycles. The summed E-state index contributed by atoms with van der Waals surface area (Å²) in [7, 11) is 0. The van der Waals surface area contributed by atoms with Crippen molar-refractivity contribution < 1.29 is 18.7 Å². The van der Waals surface area contributed by atoms with Crippen molar-refractivity contribution in [3.63, 3.8) is 0 Å². The second kappa shape index (κ2) is 7.10. The molecule has 98 valence electrons. The molecule has 0 aliphatic rings. The monoisotopic (exact) mass is 317 g/mol. The maximum atomic E-state index is 13.4. The molecule has 4 nitrogen and oxygen atoms in total. The number of amides is 1. The van der Waals surface area contributed by atoms with Crippen LogP contribution in [0.1, 0.15) is 23.7 Å². The quantitative estimate of drug-likeness (QED) is 0.848. The van der Waals surface area contributed by atoms with Gasteiger partial charge in [0.1, 0.15) is 5.82 Å². The Morgan fingerprint density at radius 3 is 2.78 bits per heavy atom. The van der Waals surface area contributed by atoms with E-state index >= 15 is 0 Å². The van der Waals surface area contributed by atoms with E-state index < -0.39 is 17.7 Å². The van der Waals surface area contributed by atoms with Gasteiger partial charge in [-0.25, -0.2) is 4.39 Å². The van der Waals surface area contributed by atoms with E-state index in [0.717, 1.165) is 0 Å². The molecule has 0 atom stereocenters. The molecule has 0 heterocycles. The van der Waals surface area contributed by atoms with Crippen LogP contribution in [-0.4, -0.2) is 25.0 Å². The van der Waals surface area contributed by atoms with Gasteiger partial charge in [-0.1, -0.05) is 6.07 Å². The predicted octanol–water partition coefficient (Wildman–Crippen LogP) is 2.27. The highest BCUT2D eigenvalue weighted by molar-refractivity contribution is 9.10. The Bertz CT molecular complexity index is 431. The molecule has 0 spiro atoms. The molecule has 1 amide bonds. The second-order valence-corrected chi connectivity index (χ2v) is 4.26. The highest BCUT2D eigenvalue weighted by atomic mass is 79.9. The molecule has 0 unspecified atom stereocenters. The second-order valence-electron chi connectivity index (χ2n) is 3.41. The third-order valence-electron chi connectivity index (χ3n) is 2.11. The summed E-state index contributed by atoms with van der Waals surface area (Å²) < 4.78 is 18.5. The van der Waals surface area contributed by atoms with Crippen LogP contribution in [0, 0.1) is 5.82 Å². The number of nitrogens with one attached hydrogen (secondary N) is 1. The van der Waals surface area contributed by atoms with Crippen LogP contribution in [0.25, 0.3) is 0 Å². The fourth-order valence-electron chi connectivity index (χ4n) is 1.31. The molecule has 0 saturated carbocycles. The van der Waals surface area contributed by atoms with Crippen molar-refractivity contribution in [1.82, 2.24) is 5.32 Å². The lowest BCUT2D eigenvalue weighted by Gasteiger charge is -2.07. The first-order chi connectivity index (χ1) is 8.56. The lowest BCUT2D eigenvalue weighted by atomic mass is 10.2. The van der Waals surface area contributed by atoms with Gasteiger partial charge in [0.05, 0.1) is 18.6 Å². The largest absolute Gasteiger partial charge is 0.466 e. The van der Waals surface area contributed by atoms with Gasteiger partial charge in [-0.15, -0.1) is 0 Å². The van der Waals surface area contributed by atoms with Crippen molar-refractivity contribution in [2.45, 2.75) is 13.3 Å². The molecule has 18 heavy (non-hydrogen) atoms. The maximum Gasteiger partial charge on any atom is 0.307 e. The van der Waals surface area contributed by atoms with Crippen LogP contribution < -0.4 is 5.32 Å². The van der Waals surface area contributed by atoms with Gasteiger partial charge in [0, 0.05) is 11.0 Å². The van der Waals surface area contributed by atoms with Crippen LogP contribution in [0.4, 0.5) is 4.39 Å². The summed E-state index contributed by atoms with van der Waals surface area (Å²) >= 11 is 3.10. The molecule has 0 aliphatic heterocycles. The first-order valence-electron chi connectivity index (χ1n) is 5.44. The SMILES string of the molecule is CCOC(=O)CCNC(=O)c1c(F)cccc1Br. The van der Waals surface area contributed by atoms with Crippen molar-refractivity contribution in [2.75, 3.05) is 13.2 Å². The summed E-state index contributed by atoms with van der Waals surface area (Å²) in [5.41, 5.74) is -0.0682. The number of carbonyl (C=O) groups is 2. The van der Waals surface area contributed by atoms with Crippen LogP contribution in [0.5, 0.6) is 0 Å². The van der Waals surface area contributed by atoms with Crippen molar-refractivity contribution in [3.05, 3.63) is 34.1 Å². The van der Waals surface area contributed by atoms with Gasteiger partial charge in [-0.2, -0.15) is 0 Å². The first kappa shape index (κ1) is 14.6. The minimum absolute atomic E-state index is 0.0612. The van der Waals surface area contributed by atoms with Crippen molar-refractivity contribution in [3.8, 4) is 0 Å². The van der Waals surface area contributed by atoms with Crippen LogP contribution in [0.3, 0.4) is 0 Å². The van der Waals surface area contributed by atoms with Crippen LogP contribution in [0.15, 0.2) is 22.7 Å². The van der Waals surface area contributed by atoms with E-state index in [1.54, 1.807) is 13.0 Å². The highest BCUT2D eigenvalue weighted by Crippen LogP contribution is 2.19. The van der Waals surface area contributed by atoms with Gasteiger partial charge in [-0.05, 0) is 35.0 Å². The highest BCUT2D eigenvalue weighted by Gasteiger charge is 2.15. The fourth-order valence-corrected chi connectivity index (χ4v) is 1.84. The van der Waals surface area contributed by atoms with Gasteiger partial charge in [0.25, 0.3) is 5.91 Å². The number of carbonyl (C=O) groups excluding carboxylic acids is 2. The number of hydrogen-bond donors (Lipinski definition) is 1. The summed E-state index contributed by atoms with van der Waals surface area (Å²) in [6.45, 7) is 2.11. The van der Waals surface area contributed by atoms with Crippen LogP contribution >= 0.6 is 15.9 Å². The Labute approximate surface area is 113 Å². The molecule has 0 bridgehead atoms. The van der Waals surface area contributed by atoms with E-state index in [1.165, 1.54) is 12.1 Å². The molecular formula is C12H13BrFNO3. The number of rotatable bonds is 5. The zero-order chi connectivity index (χ0) is 13.5. The minimum atomic E-state index is -0.613. The lowest BCUT2D eigenvalue weighted by molar-refractivity contribution is -0.142. The zero-order valence-corrected chi connectivity index (χ0v) is 11.4. The third kappa shape index (κ3) is 4.10. The van der Waals surface area contributed by atoms with Gasteiger partial charge < -0.3 is 10.1 Å². The molecular weight excluding hydrogens is 305 g/mol. The zero-order valence-electron chi connectivity index (χ0n) is 9.83. The van der Waals surface area contributed by atoms with E-state index in [2.05, 4.69) is 21.2 Å². The summed E-state index contributed by atoms with van der Waals surface area (Å²) in [6, 6.07) is 4.27.